The molecule has 2 aromatic rings. The van der Waals surface area contributed by atoms with Gasteiger partial charge < -0.3 is 0 Å². The summed E-state index contributed by atoms with van der Waals surface area (Å²) in [5, 5.41) is 8.92. The van der Waals surface area contributed by atoms with Gasteiger partial charge in [-0.3, -0.25) is 0 Å². The molecule has 0 saturated heterocycles. The third kappa shape index (κ3) is 2.33. The largest absolute Gasteiger partial charge is 0.192 e. The average Bonchev–Trinajstić information content (AvgIpc) is 2.38. The van der Waals surface area contributed by atoms with Crippen LogP contribution in [0.1, 0.15) is 23.6 Å². The summed E-state index contributed by atoms with van der Waals surface area (Å²) in [6, 6.07) is 16.1. The molecule has 0 aromatic heterocycles. The molecule has 0 fully saturated rings. The molecule has 2 aromatic carbocycles. The molecule has 0 bridgehead atoms. The first-order valence-corrected chi connectivity index (χ1v) is 5.89. The number of nitriles is 1. The van der Waals surface area contributed by atoms with Crippen LogP contribution in [0.3, 0.4) is 0 Å². The van der Waals surface area contributed by atoms with E-state index in [0.717, 1.165) is 16.7 Å². The standard InChI is InChI=1S/C17H15N/c1-12(2)17-8-7-16(9-13(17)3)15-6-4-5-14(10-15)11-18/h4-10H,1H2,2-3H3. The maximum Gasteiger partial charge on any atom is 0.0991 e. The lowest BCUT2D eigenvalue weighted by atomic mass is 9.96. The van der Waals surface area contributed by atoms with Gasteiger partial charge in [0.15, 0.2) is 0 Å². The number of allylic oxidation sites excluding steroid dienone is 1. The molecule has 0 saturated carbocycles. The molecular formula is C17H15N. The molecular weight excluding hydrogens is 218 g/mol. The molecule has 0 aliphatic rings. The molecule has 0 spiro atoms. The first kappa shape index (κ1) is 12.1. The highest BCUT2D eigenvalue weighted by Crippen LogP contribution is 2.25. The fourth-order valence-corrected chi connectivity index (χ4v) is 2.09. The van der Waals surface area contributed by atoms with Crippen LogP contribution in [0.5, 0.6) is 0 Å². The quantitative estimate of drug-likeness (QED) is 0.745. The lowest BCUT2D eigenvalue weighted by molar-refractivity contribution is 1.41. The lowest BCUT2D eigenvalue weighted by Gasteiger charge is -2.08. The van der Waals surface area contributed by atoms with Crippen LogP contribution < -0.4 is 0 Å². The molecule has 0 atom stereocenters. The molecule has 0 amide bonds. The summed E-state index contributed by atoms with van der Waals surface area (Å²) in [5.41, 5.74) is 6.37. The number of aryl methyl sites for hydroxylation is 1. The molecule has 0 aliphatic carbocycles. The molecule has 0 unspecified atom stereocenters. The molecule has 0 aliphatic heterocycles. The van der Waals surface area contributed by atoms with Crippen molar-refractivity contribution in [2.75, 3.05) is 0 Å². The van der Waals surface area contributed by atoms with Crippen LogP contribution in [-0.4, -0.2) is 0 Å². The fourth-order valence-electron chi connectivity index (χ4n) is 2.09. The summed E-state index contributed by atoms with van der Waals surface area (Å²) in [6.07, 6.45) is 0. The van der Waals surface area contributed by atoms with Crippen LogP contribution in [0.4, 0.5) is 0 Å². The highest BCUT2D eigenvalue weighted by molar-refractivity contribution is 5.71. The van der Waals surface area contributed by atoms with Gasteiger partial charge in [0.1, 0.15) is 0 Å². The summed E-state index contributed by atoms with van der Waals surface area (Å²) in [4.78, 5) is 0. The number of hydrogen-bond acceptors (Lipinski definition) is 1. The Morgan fingerprint density at radius 1 is 1.11 bits per heavy atom. The minimum atomic E-state index is 0.689. The van der Waals surface area contributed by atoms with E-state index in [2.05, 4.69) is 37.8 Å². The molecule has 0 radical (unpaired) electrons. The van der Waals surface area contributed by atoms with Gasteiger partial charge in [-0.05, 0) is 48.2 Å². The second kappa shape index (κ2) is 4.89. The number of nitrogens with zero attached hydrogens (tertiary/aromatic N) is 1. The summed E-state index contributed by atoms with van der Waals surface area (Å²) >= 11 is 0. The summed E-state index contributed by atoms with van der Waals surface area (Å²) in [7, 11) is 0. The van der Waals surface area contributed by atoms with Crippen molar-refractivity contribution in [1.82, 2.24) is 0 Å². The highest BCUT2D eigenvalue weighted by atomic mass is 14.2. The molecule has 2 rings (SSSR count). The van der Waals surface area contributed by atoms with Crippen molar-refractivity contribution in [3.63, 3.8) is 0 Å². The molecule has 0 N–H and O–H groups in total. The van der Waals surface area contributed by atoms with Crippen LogP contribution >= 0.6 is 0 Å². The van der Waals surface area contributed by atoms with E-state index in [0.29, 0.717) is 5.56 Å². The second-order valence-electron chi connectivity index (χ2n) is 4.50. The van der Waals surface area contributed by atoms with Crippen molar-refractivity contribution in [3.05, 3.63) is 65.7 Å². The maximum absolute atomic E-state index is 8.92. The Morgan fingerprint density at radius 2 is 1.83 bits per heavy atom. The van der Waals surface area contributed by atoms with Gasteiger partial charge in [-0.25, -0.2) is 0 Å². The minimum Gasteiger partial charge on any atom is -0.192 e. The van der Waals surface area contributed by atoms with Crippen LogP contribution in [0.15, 0.2) is 49.0 Å². The Morgan fingerprint density at radius 3 is 2.44 bits per heavy atom. The van der Waals surface area contributed by atoms with Gasteiger partial charge in [-0.15, -0.1) is 0 Å². The summed E-state index contributed by atoms with van der Waals surface area (Å²) < 4.78 is 0. The third-order valence-corrected chi connectivity index (χ3v) is 3.01. The van der Waals surface area contributed by atoms with Crippen molar-refractivity contribution in [3.8, 4) is 17.2 Å². The van der Waals surface area contributed by atoms with Gasteiger partial charge in [0.05, 0.1) is 11.6 Å². The smallest absolute Gasteiger partial charge is 0.0991 e. The number of benzene rings is 2. The van der Waals surface area contributed by atoms with E-state index in [1.165, 1.54) is 11.1 Å². The normalized spacial score (nSPS) is 9.83. The zero-order valence-corrected chi connectivity index (χ0v) is 10.7. The zero-order chi connectivity index (χ0) is 13.1. The van der Waals surface area contributed by atoms with E-state index in [4.69, 9.17) is 5.26 Å². The van der Waals surface area contributed by atoms with Gasteiger partial charge in [0.25, 0.3) is 0 Å². The minimum absolute atomic E-state index is 0.689. The van der Waals surface area contributed by atoms with E-state index in [1.54, 1.807) is 0 Å². The maximum atomic E-state index is 8.92. The van der Waals surface area contributed by atoms with Crippen LogP contribution in [-0.2, 0) is 0 Å². The van der Waals surface area contributed by atoms with E-state index in [1.807, 2.05) is 31.2 Å². The highest BCUT2D eigenvalue weighted by Gasteiger charge is 2.03. The predicted octanol–water partition coefficient (Wildman–Crippen LogP) is 4.57. The van der Waals surface area contributed by atoms with Crippen LogP contribution in [0.25, 0.3) is 16.7 Å². The molecule has 1 nitrogen and oxygen atoms in total. The van der Waals surface area contributed by atoms with Gasteiger partial charge in [0.2, 0.25) is 0 Å². The Labute approximate surface area is 108 Å². The van der Waals surface area contributed by atoms with Gasteiger partial charge >= 0.3 is 0 Å². The van der Waals surface area contributed by atoms with E-state index < -0.39 is 0 Å². The van der Waals surface area contributed by atoms with Gasteiger partial charge in [-0.1, -0.05) is 42.5 Å². The van der Waals surface area contributed by atoms with Crippen molar-refractivity contribution < 1.29 is 0 Å². The first-order valence-electron chi connectivity index (χ1n) is 5.89. The van der Waals surface area contributed by atoms with Crippen molar-refractivity contribution in [2.45, 2.75) is 13.8 Å². The topological polar surface area (TPSA) is 23.8 Å². The monoisotopic (exact) mass is 233 g/mol. The number of rotatable bonds is 2. The molecule has 0 heterocycles. The van der Waals surface area contributed by atoms with Gasteiger partial charge in [-0.2, -0.15) is 5.26 Å². The van der Waals surface area contributed by atoms with Crippen LogP contribution in [0.2, 0.25) is 0 Å². The fraction of sp³-hybridized carbons (Fsp3) is 0.118. The third-order valence-electron chi connectivity index (χ3n) is 3.01. The second-order valence-corrected chi connectivity index (χ2v) is 4.50. The van der Waals surface area contributed by atoms with Crippen molar-refractivity contribution >= 4 is 5.57 Å². The Bertz CT molecular complexity index is 645. The van der Waals surface area contributed by atoms with Crippen molar-refractivity contribution in [2.24, 2.45) is 0 Å². The molecule has 88 valence electrons. The average molecular weight is 233 g/mol. The summed E-state index contributed by atoms with van der Waals surface area (Å²) in [5.74, 6) is 0. The van der Waals surface area contributed by atoms with Crippen LogP contribution in [0, 0.1) is 18.3 Å². The number of hydrogen-bond donors (Lipinski definition) is 0. The predicted molar refractivity (Wildman–Crippen MR) is 76.0 cm³/mol. The zero-order valence-electron chi connectivity index (χ0n) is 10.7. The van der Waals surface area contributed by atoms with Gasteiger partial charge in [0, 0.05) is 0 Å². The SMILES string of the molecule is C=C(C)c1ccc(-c2cccc(C#N)c2)cc1C. The first-order chi connectivity index (χ1) is 8.61. The Kier molecular flexibility index (Phi) is 3.30. The van der Waals surface area contributed by atoms with E-state index >= 15 is 0 Å². The van der Waals surface area contributed by atoms with E-state index in [-0.39, 0.29) is 0 Å². The molecule has 18 heavy (non-hydrogen) atoms. The van der Waals surface area contributed by atoms with Crippen molar-refractivity contribution in [1.29, 1.82) is 5.26 Å². The van der Waals surface area contributed by atoms with E-state index in [9.17, 15) is 0 Å². The summed E-state index contributed by atoms with van der Waals surface area (Å²) in [6.45, 7) is 8.07. The Balaban J connectivity index is 2.49. The lowest BCUT2D eigenvalue weighted by Crippen LogP contribution is -1.87. The molecule has 1 heteroatoms. The Hall–Kier alpha value is -2.33.